The predicted molar refractivity (Wildman–Crippen MR) is 76.8 cm³/mol. The smallest absolute Gasteiger partial charge is 0.240 e. The van der Waals surface area contributed by atoms with Crippen LogP contribution in [0.4, 0.5) is 0 Å². The fourth-order valence-electron chi connectivity index (χ4n) is 1.64. The fraction of sp³-hybridized carbons (Fsp3) is 0.214. The van der Waals surface area contributed by atoms with E-state index in [4.69, 9.17) is 5.73 Å². The van der Waals surface area contributed by atoms with Gasteiger partial charge in [0.1, 0.15) is 4.32 Å². The van der Waals surface area contributed by atoms with Crippen LogP contribution in [0.25, 0.3) is 0 Å². The lowest BCUT2D eigenvalue weighted by Gasteiger charge is -2.17. The Morgan fingerprint density at radius 1 is 1.32 bits per heavy atom. The van der Waals surface area contributed by atoms with Crippen molar-refractivity contribution in [3.63, 3.8) is 0 Å². The van der Waals surface area contributed by atoms with Gasteiger partial charge >= 0.3 is 0 Å². The van der Waals surface area contributed by atoms with Crippen LogP contribution in [-0.4, -0.2) is 15.9 Å². The van der Waals surface area contributed by atoms with Crippen LogP contribution in [-0.2, 0) is 15.5 Å². The molecule has 2 N–H and O–H groups in total. The van der Waals surface area contributed by atoms with Crippen molar-refractivity contribution in [3.05, 3.63) is 59.7 Å². The third-order valence-electron chi connectivity index (χ3n) is 2.88. The predicted octanol–water partition coefficient (Wildman–Crippen LogP) is 2.16. The van der Waals surface area contributed by atoms with E-state index < -0.39 is 10.2 Å². The second-order valence-corrected chi connectivity index (χ2v) is 6.00. The molecular weight excluding hydrogens is 306 g/mol. The summed E-state index contributed by atoms with van der Waals surface area (Å²) in [5.74, 6) is -0.461. The Hall–Kier alpha value is -1.75. The van der Waals surface area contributed by atoms with Gasteiger partial charge in [0.05, 0.1) is 5.69 Å². The topological polar surface area (TPSA) is 68.9 Å². The largest absolute Gasteiger partial charge is 0.368 e. The summed E-state index contributed by atoms with van der Waals surface area (Å²) in [6, 6.07) is 9.53. The van der Waals surface area contributed by atoms with Gasteiger partial charge in [-0.3, -0.25) is 14.8 Å². The van der Waals surface area contributed by atoms with E-state index in [0.29, 0.717) is 12.1 Å². The van der Waals surface area contributed by atoms with Crippen molar-refractivity contribution in [1.82, 2.24) is 9.97 Å². The summed E-state index contributed by atoms with van der Waals surface area (Å²) in [5.41, 5.74) is 7.95. The molecule has 0 aromatic carbocycles. The molecule has 2 aromatic rings. The number of halogens is 1. The Morgan fingerprint density at radius 2 is 2.11 bits per heavy atom. The van der Waals surface area contributed by atoms with Crippen LogP contribution in [0.15, 0.2) is 42.7 Å². The van der Waals surface area contributed by atoms with Crippen molar-refractivity contribution in [2.24, 2.45) is 5.73 Å². The van der Waals surface area contributed by atoms with Crippen molar-refractivity contribution in [1.29, 1.82) is 0 Å². The molecule has 0 saturated heterocycles. The Labute approximate surface area is 120 Å². The van der Waals surface area contributed by atoms with Gasteiger partial charge in [0.2, 0.25) is 5.91 Å². The van der Waals surface area contributed by atoms with E-state index >= 15 is 0 Å². The first-order chi connectivity index (χ1) is 9.00. The average Bonchev–Trinajstić information content (AvgIpc) is 2.40. The summed E-state index contributed by atoms with van der Waals surface area (Å²) >= 11 is 3.30. The maximum atomic E-state index is 11.3. The first-order valence-electron chi connectivity index (χ1n) is 5.84. The Balaban J connectivity index is 2.18. The quantitative estimate of drug-likeness (QED) is 0.878. The second-order valence-electron chi connectivity index (χ2n) is 4.42. The van der Waals surface area contributed by atoms with Crippen LogP contribution in [0.5, 0.6) is 0 Å². The van der Waals surface area contributed by atoms with Crippen molar-refractivity contribution >= 4 is 21.8 Å². The molecule has 1 unspecified atom stereocenters. The van der Waals surface area contributed by atoms with E-state index in [1.165, 1.54) is 0 Å². The molecule has 1 atom stereocenters. The summed E-state index contributed by atoms with van der Waals surface area (Å²) in [6.07, 6.45) is 4.22. The van der Waals surface area contributed by atoms with Crippen molar-refractivity contribution in [3.8, 4) is 0 Å². The maximum Gasteiger partial charge on any atom is 0.240 e. The normalized spacial score (nSPS) is 13.8. The first kappa shape index (κ1) is 13.7. The molecular formula is C14H14BrN3O. The molecule has 5 heteroatoms. The van der Waals surface area contributed by atoms with Crippen molar-refractivity contribution in [2.75, 3.05) is 0 Å². The van der Waals surface area contributed by atoms with Crippen molar-refractivity contribution in [2.45, 2.75) is 17.7 Å². The van der Waals surface area contributed by atoms with Gasteiger partial charge in [0.25, 0.3) is 0 Å². The highest BCUT2D eigenvalue weighted by atomic mass is 79.9. The van der Waals surface area contributed by atoms with Crippen LogP contribution in [0.1, 0.15) is 23.9 Å². The van der Waals surface area contributed by atoms with Crippen molar-refractivity contribution < 1.29 is 4.79 Å². The van der Waals surface area contributed by atoms with Gasteiger partial charge in [-0.15, -0.1) is 0 Å². The summed E-state index contributed by atoms with van der Waals surface area (Å²) in [6.45, 7) is 1.69. The minimum absolute atomic E-state index is 0.461. The molecule has 1 amide bonds. The van der Waals surface area contributed by atoms with Gasteiger partial charge in [0.15, 0.2) is 0 Å². The summed E-state index contributed by atoms with van der Waals surface area (Å²) in [7, 11) is 0. The minimum Gasteiger partial charge on any atom is -0.368 e. The number of alkyl halides is 1. The molecule has 19 heavy (non-hydrogen) atoms. The SMILES string of the molecule is CC(Br)(C(N)=O)c1ccc(Cc2ccccn2)cn1. The summed E-state index contributed by atoms with van der Waals surface area (Å²) < 4.78 is -0.934. The lowest BCUT2D eigenvalue weighted by Crippen LogP contribution is -2.33. The lowest BCUT2D eigenvalue weighted by atomic mass is 10.0. The molecule has 98 valence electrons. The number of hydrogen-bond acceptors (Lipinski definition) is 3. The monoisotopic (exact) mass is 319 g/mol. The number of hydrogen-bond donors (Lipinski definition) is 1. The fourth-order valence-corrected chi connectivity index (χ4v) is 1.88. The zero-order valence-electron chi connectivity index (χ0n) is 10.5. The molecule has 2 rings (SSSR count). The highest BCUT2D eigenvalue weighted by Gasteiger charge is 2.31. The van der Waals surface area contributed by atoms with Crippen LogP contribution < -0.4 is 5.73 Å². The Bertz CT molecular complexity index is 567. The number of nitrogens with two attached hydrogens (primary N) is 1. The number of carbonyl (C=O) groups excluding carboxylic acids is 1. The second kappa shape index (κ2) is 5.48. The minimum atomic E-state index is -0.934. The van der Waals surface area contributed by atoms with Gasteiger partial charge in [-0.05, 0) is 30.7 Å². The molecule has 2 aromatic heterocycles. The third-order valence-corrected chi connectivity index (χ3v) is 3.68. The average molecular weight is 320 g/mol. The highest BCUT2D eigenvalue weighted by Crippen LogP contribution is 2.28. The zero-order valence-corrected chi connectivity index (χ0v) is 12.1. The maximum absolute atomic E-state index is 11.3. The Kier molecular flexibility index (Phi) is 3.95. The molecule has 0 aliphatic carbocycles. The molecule has 0 bridgehead atoms. The van der Waals surface area contributed by atoms with E-state index in [-0.39, 0.29) is 0 Å². The van der Waals surface area contributed by atoms with E-state index in [1.54, 1.807) is 25.4 Å². The van der Waals surface area contributed by atoms with E-state index in [1.807, 2.05) is 24.3 Å². The molecule has 0 aliphatic heterocycles. The van der Waals surface area contributed by atoms with Crippen LogP contribution in [0.3, 0.4) is 0 Å². The van der Waals surface area contributed by atoms with Gasteiger partial charge in [0, 0.05) is 24.5 Å². The standard InChI is InChI=1S/C14H14BrN3O/c1-14(15,13(16)19)12-6-5-10(9-18-12)8-11-4-2-3-7-17-11/h2-7,9H,8H2,1H3,(H2,16,19). The summed E-state index contributed by atoms with van der Waals surface area (Å²) in [5, 5.41) is 0. The molecule has 0 spiro atoms. The third kappa shape index (κ3) is 3.17. The van der Waals surface area contributed by atoms with Gasteiger partial charge in [-0.25, -0.2) is 0 Å². The Morgan fingerprint density at radius 3 is 2.63 bits per heavy atom. The number of rotatable bonds is 4. The number of amides is 1. The molecule has 0 saturated carbocycles. The van der Waals surface area contributed by atoms with E-state index in [2.05, 4.69) is 25.9 Å². The number of nitrogens with zero attached hydrogens (tertiary/aromatic N) is 2. The lowest BCUT2D eigenvalue weighted by molar-refractivity contribution is -0.120. The number of carbonyl (C=O) groups is 1. The highest BCUT2D eigenvalue weighted by molar-refractivity contribution is 9.10. The first-order valence-corrected chi connectivity index (χ1v) is 6.63. The van der Waals surface area contributed by atoms with Gasteiger partial charge < -0.3 is 5.73 Å². The molecule has 2 heterocycles. The number of primary amides is 1. The van der Waals surface area contributed by atoms with Crippen LogP contribution in [0, 0.1) is 0 Å². The molecule has 0 aliphatic rings. The summed E-state index contributed by atoms with van der Waals surface area (Å²) in [4.78, 5) is 19.9. The van der Waals surface area contributed by atoms with Gasteiger partial charge in [-0.2, -0.15) is 0 Å². The van der Waals surface area contributed by atoms with Crippen LogP contribution in [0.2, 0.25) is 0 Å². The zero-order chi connectivity index (χ0) is 13.9. The van der Waals surface area contributed by atoms with E-state index in [0.717, 1.165) is 11.3 Å². The van der Waals surface area contributed by atoms with E-state index in [9.17, 15) is 4.79 Å². The number of pyridine rings is 2. The molecule has 0 radical (unpaired) electrons. The number of aromatic nitrogens is 2. The van der Waals surface area contributed by atoms with Gasteiger partial charge in [-0.1, -0.05) is 28.1 Å². The molecule has 4 nitrogen and oxygen atoms in total. The molecule has 0 fully saturated rings. The van der Waals surface area contributed by atoms with Crippen LogP contribution >= 0.6 is 15.9 Å².